The second-order valence-corrected chi connectivity index (χ2v) is 7.80. The second-order valence-electron chi connectivity index (χ2n) is 7.80. The molecule has 0 unspecified atom stereocenters. The van der Waals surface area contributed by atoms with Crippen LogP contribution in [0.15, 0.2) is 66.5 Å². The van der Waals surface area contributed by atoms with Crippen LogP contribution in [0.5, 0.6) is 5.88 Å². The molecule has 3 aromatic heterocycles. The Hall–Kier alpha value is -3.80. The predicted molar refractivity (Wildman–Crippen MR) is 126 cm³/mol. The summed E-state index contributed by atoms with van der Waals surface area (Å²) in [5.74, 6) is 2.06. The lowest BCUT2D eigenvalue weighted by molar-refractivity contribution is 0.398. The summed E-state index contributed by atoms with van der Waals surface area (Å²) < 4.78 is 5.20. The van der Waals surface area contributed by atoms with Crippen molar-refractivity contribution in [3.63, 3.8) is 0 Å². The van der Waals surface area contributed by atoms with Crippen LogP contribution in [-0.2, 0) is 6.54 Å². The van der Waals surface area contributed by atoms with Gasteiger partial charge in [-0.3, -0.25) is 4.98 Å². The smallest absolute Gasteiger partial charge is 0.212 e. The lowest BCUT2D eigenvalue weighted by Crippen LogP contribution is -2.37. The van der Waals surface area contributed by atoms with E-state index >= 15 is 0 Å². The average molecular weight is 424 g/mol. The van der Waals surface area contributed by atoms with Crippen molar-refractivity contribution < 1.29 is 4.74 Å². The summed E-state index contributed by atoms with van der Waals surface area (Å²) in [4.78, 5) is 18.7. The summed E-state index contributed by atoms with van der Waals surface area (Å²) in [7, 11) is 1.61. The molecule has 0 bridgehead atoms. The van der Waals surface area contributed by atoms with Gasteiger partial charge >= 0.3 is 0 Å². The maximum Gasteiger partial charge on any atom is 0.212 e. The highest BCUT2D eigenvalue weighted by Crippen LogP contribution is 2.26. The van der Waals surface area contributed by atoms with Gasteiger partial charge in [-0.05, 0) is 55.0 Å². The van der Waals surface area contributed by atoms with Gasteiger partial charge in [-0.1, -0.05) is 30.4 Å². The molecule has 0 amide bonds. The maximum atomic E-state index is 5.20. The molecule has 1 N–H and O–H groups in total. The Balaban J connectivity index is 1.65. The summed E-state index contributed by atoms with van der Waals surface area (Å²) in [6.07, 6.45) is 16.5. The van der Waals surface area contributed by atoms with E-state index in [0.717, 1.165) is 53.3 Å². The third-order valence-electron chi connectivity index (χ3n) is 5.74. The molecule has 160 valence electrons. The van der Waals surface area contributed by atoms with E-state index in [1.807, 2.05) is 36.5 Å². The molecule has 0 radical (unpaired) electrons. The predicted octanol–water partition coefficient (Wildman–Crippen LogP) is 3.56. The molecule has 3 heterocycles. The van der Waals surface area contributed by atoms with Crippen molar-refractivity contribution >= 4 is 17.5 Å². The number of methoxy groups -OCH3 is 1. The minimum absolute atomic E-state index is 0.569. The Bertz CT molecular complexity index is 1290. The van der Waals surface area contributed by atoms with Crippen molar-refractivity contribution in [2.45, 2.75) is 32.2 Å². The Morgan fingerprint density at radius 2 is 2.00 bits per heavy atom. The largest absolute Gasteiger partial charge is 0.481 e. The lowest BCUT2D eigenvalue weighted by Gasteiger charge is -2.19. The molecule has 0 atom stereocenters. The first-order valence-electron chi connectivity index (χ1n) is 10.9. The highest BCUT2D eigenvalue weighted by molar-refractivity contribution is 5.71. The summed E-state index contributed by atoms with van der Waals surface area (Å²) in [6, 6.07) is 9.71. The third kappa shape index (κ3) is 4.17. The number of pyridine rings is 2. The molecular weight excluding hydrogens is 398 g/mol. The molecule has 0 aromatic carbocycles. The first-order valence-corrected chi connectivity index (χ1v) is 10.9. The molecule has 0 aliphatic heterocycles. The first-order chi connectivity index (χ1) is 15.8. The topological polar surface area (TPSA) is 72.8 Å². The fourth-order valence-corrected chi connectivity index (χ4v) is 4.14. The zero-order valence-electron chi connectivity index (χ0n) is 18.1. The van der Waals surface area contributed by atoms with Crippen molar-refractivity contribution in [3.05, 3.63) is 82.8 Å². The van der Waals surface area contributed by atoms with Crippen molar-refractivity contribution in [2.24, 2.45) is 0 Å². The van der Waals surface area contributed by atoms with E-state index in [2.05, 4.69) is 39.6 Å². The molecule has 6 heteroatoms. The quantitative estimate of drug-likeness (QED) is 0.654. The summed E-state index contributed by atoms with van der Waals surface area (Å²) in [5.41, 5.74) is 4.54. The van der Waals surface area contributed by atoms with Gasteiger partial charge in [0.2, 0.25) is 5.88 Å². The Kier molecular flexibility index (Phi) is 5.75. The molecule has 0 fully saturated rings. The molecule has 5 rings (SSSR count). The molecule has 0 saturated carbocycles. The van der Waals surface area contributed by atoms with E-state index in [4.69, 9.17) is 14.7 Å². The van der Waals surface area contributed by atoms with Crippen LogP contribution in [0.4, 0.5) is 5.82 Å². The van der Waals surface area contributed by atoms with Crippen LogP contribution < -0.4 is 20.6 Å². The number of nitrogens with zero attached hydrogens (tertiary/aromatic N) is 4. The molecule has 2 aliphatic carbocycles. The van der Waals surface area contributed by atoms with Crippen LogP contribution in [0, 0.1) is 0 Å². The number of fused-ring (bicyclic) bond motifs is 1. The number of allylic oxidation sites excluding steroid dienone is 4. The van der Waals surface area contributed by atoms with E-state index in [1.54, 1.807) is 13.3 Å². The fourth-order valence-electron chi connectivity index (χ4n) is 4.14. The molecule has 2 aliphatic rings. The van der Waals surface area contributed by atoms with Crippen LogP contribution in [0.2, 0.25) is 0 Å². The third-order valence-corrected chi connectivity index (χ3v) is 5.74. The van der Waals surface area contributed by atoms with Gasteiger partial charge in [0.25, 0.3) is 0 Å². The van der Waals surface area contributed by atoms with E-state index in [1.165, 1.54) is 11.1 Å². The standard InChI is InChI=1S/C26H25N5O/c1-32-23-14-13-19(16-28-23)25-30-22-12-7-11-21(18-8-3-2-4-9-18)24(22)26(31-25)29-17-20-10-5-6-15-27-20/h2-3,5-6,8,10,12-16H,4,7,9,11,17H2,1H3,(H,29,30,31). The van der Waals surface area contributed by atoms with Crippen LogP contribution in [0.1, 0.15) is 31.4 Å². The van der Waals surface area contributed by atoms with Gasteiger partial charge in [-0.2, -0.15) is 0 Å². The SMILES string of the molecule is COc1ccc(-c2nc(NCc3ccccn3)c3c(n2)=CCCC=3C2=CC=CCC2)cn1. The van der Waals surface area contributed by atoms with Gasteiger partial charge in [-0.25, -0.2) is 15.0 Å². The number of nitrogens with one attached hydrogen (secondary N) is 1. The number of hydrogen-bond donors (Lipinski definition) is 1. The number of ether oxygens (including phenoxy) is 1. The second kappa shape index (κ2) is 9.14. The van der Waals surface area contributed by atoms with Gasteiger partial charge in [0.1, 0.15) is 5.82 Å². The minimum Gasteiger partial charge on any atom is -0.481 e. The van der Waals surface area contributed by atoms with E-state index < -0.39 is 0 Å². The molecule has 32 heavy (non-hydrogen) atoms. The van der Waals surface area contributed by atoms with E-state index in [-0.39, 0.29) is 0 Å². The van der Waals surface area contributed by atoms with Crippen molar-refractivity contribution in [3.8, 4) is 17.3 Å². The number of hydrogen-bond acceptors (Lipinski definition) is 6. The van der Waals surface area contributed by atoms with Gasteiger partial charge < -0.3 is 10.1 Å². The van der Waals surface area contributed by atoms with Crippen LogP contribution in [0.3, 0.4) is 0 Å². The van der Waals surface area contributed by atoms with Gasteiger partial charge in [-0.15, -0.1) is 0 Å². The highest BCUT2D eigenvalue weighted by atomic mass is 16.5. The van der Waals surface area contributed by atoms with Crippen LogP contribution in [0.25, 0.3) is 23.0 Å². The molecular formula is C26H25N5O. The summed E-state index contributed by atoms with van der Waals surface area (Å²) >= 11 is 0. The van der Waals surface area contributed by atoms with Gasteiger partial charge in [0.05, 0.1) is 24.7 Å². The molecule has 0 saturated heterocycles. The monoisotopic (exact) mass is 423 g/mol. The summed E-state index contributed by atoms with van der Waals surface area (Å²) in [6.45, 7) is 0.594. The first kappa shape index (κ1) is 20.1. The van der Waals surface area contributed by atoms with Crippen molar-refractivity contribution in [1.82, 2.24) is 19.9 Å². The molecule has 3 aromatic rings. The van der Waals surface area contributed by atoms with E-state index in [9.17, 15) is 0 Å². The number of aromatic nitrogens is 4. The zero-order valence-corrected chi connectivity index (χ0v) is 18.1. The fraction of sp³-hybridized carbons (Fsp3) is 0.231. The van der Waals surface area contributed by atoms with Crippen LogP contribution in [-0.4, -0.2) is 27.0 Å². The van der Waals surface area contributed by atoms with Gasteiger partial charge in [0, 0.05) is 29.2 Å². The molecule has 0 spiro atoms. The minimum atomic E-state index is 0.569. The Morgan fingerprint density at radius 1 is 1.03 bits per heavy atom. The Morgan fingerprint density at radius 3 is 2.75 bits per heavy atom. The molecule has 6 nitrogen and oxygen atoms in total. The average Bonchev–Trinajstić information content (AvgIpc) is 2.88. The van der Waals surface area contributed by atoms with Crippen molar-refractivity contribution in [2.75, 3.05) is 12.4 Å². The normalized spacial score (nSPS) is 14.9. The zero-order chi connectivity index (χ0) is 21.8. The lowest BCUT2D eigenvalue weighted by atomic mass is 9.90. The summed E-state index contributed by atoms with van der Waals surface area (Å²) in [5, 5.41) is 5.63. The maximum absolute atomic E-state index is 5.20. The number of anilines is 1. The van der Waals surface area contributed by atoms with E-state index in [0.29, 0.717) is 18.2 Å². The number of rotatable bonds is 6. The van der Waals surface area contributed by atoms with Gasteiger partial charge in [0.15, 0.2) is 5.82 Å². The van der Waals surface area contributed by atoms with Crippen molar-refractivity contribution in [1.29, 1.82) is 0 Å². The Labute approximate surface area is 187 Å². The van der Waals surface area contributed by atoms with Crippen LogP contribution >= 0.6 is 0 Å². The highest BCUT2D eigenvalue weighted by Gasteiger charge is 2.17.